The molecule has 1 aliphatic heterocycles. The van der Waals surface area contributed by atoms with Gasteiger partial charge in [0.2, 0.25) is 0 Å². The zero-order chi connectivity index (χ0) is 32.3. The number of rotatable bonds is 15. The molecule has 0 saturated heterocycles. The van der Waals surface area contributed by atoms with Gasteiger partial charge in [0.05, 0.1) is 35.2 Å². The van der Waals surface area contributed by atoms with Crippen LogP contribution in [0.2, 0.25) is 0 Å². The molecular weight excluding hydrogens is 623 g/mol. The van der Waals surface area contributed by atoms with E-state index >= 15 is 0 Å². The molecule has 2 atom stereocenters. The average molecular weight is 658 g/mol. The standard InChI is InChI=1S/C30H34F3N3O8.ClH/c1-3-42-29(39)26-25(20-10-9-11-21(16-20)36(40)41)24(19(2)35-27(26)30(31,32)33)28(38)43-15-8-7-14-34-17-22(37)18-44-23-12-5-4-6-13-23;/h4-6,9-13,16,22,25,34-35,37H,3,7-8,14-15,17-18H2,1-2H3;1H. The highest BCUT2D eigenvalue weighted by molar-refractivity contribution is 6.00. The molecule has 0 fully saturated rings. The third kappa shape index (κ3) is 10.5. The van der Waals surface area contributed by atoms with Gasteiger partial charge >= 0.3 is 18.1 Å². The lowest BCUT2D eigenvalue weighted by Crippen LogP contribution is -2.38. The maximum absolute atomic E-state index is 14.1. The molecular formula is C30H35ClF3N3O8. The number of hydrogen-bond donors (Lipinski definition) is 3. The summed E-state index contributed by atoms with van der Waals surface area (Å²) in [5.41, 5.74) is -3.38. The number of dihydropyridines is 1. The number of hydrogen-bond acceptors (Lipinski definition) is 10. The molecule has 0 aliphatic carbocycles. The fourth-order valence-electron chi connectivity index (χ4n) is 4.53. The van der Waals surface area contributed by atoms with Crippen LogP contribution in [0.4, 0.5) is 18.9 Å². The summed E-state index contributed by atoms with van der Waals surface area (Å²) in [6.45, 7) is 3.14. The van der Waals surface area contributed by atoms with Crippen LogP contribution in [0.15, 0.2) is 77.1 Å². The van der Waals surface area contributed by atoms with Gasteiger partial charge in [-0.1, -0.05) is 30.3 Å². The Kier molecular flexibility index (Phi) is 14.3. The van der Waals surface area contributed by atoms with E-state index in [1.54, 1.807) is 12.1 Å². The van der Waals surface area contributed by atoms with E-state index in [9.17, 15) is 38.0 Å². The average Bonchev–Trinajstić information content (AvgIpc) is 2.99. The number of non-ortho nitro benzene ring substituents is 1. The second-order valence-corrected chi connectivity index (χ2v) is 9.78. The molecule has 2 unspecified atom stereocenters. The number of carbonyl (C=O) groups excluding carboxylic acids is 2. The van der Waals surface area contributed by atoms with Gasteiger partial charge in [0.15, 0.2) is 0 Å². The summed E-state index contributed by atoms with van der Waals surface area (Å²) >= 11 is 0. The number of nitrogens with one attached hydrogen (secondary N) is 2. The van der Waals surface area contributed by atoms with Crippen LogP contribution in [-0.2, 0) is 19.1 Å². The smallest absolute Gasteiger partial charge is 0.431 e. The zero-order valence-corrected chi connectivity index (χ0v) is 25.4. The van der Waals surface area contributed by atoms with Crippen molar-refractivity contribution in [1.29, 1.82) is 0 Å². The van der Waals surface area contributed by atoms with Crippen LogP contribution < -0.4 is 15.4 Å². The van der Waals surface area contributed by atoms with E-state index in [0.717, 1.165) is 12.1 Å². The van der Waals surface area contributed by atoms with E-state index in [1.165, 1.54) is 26.0 Å². The summed E-state index contributed by atoms with van der Waals surface area (Å²) in [5.74, 6) is -3.33. The van der Waals surface area contributed by atoms with Crippen LogP contribution >= 0.6 is 12.4 Å². The second-order valence-electron chi connectivity index (χ2n) is 9.78. The number of para-hydroxylation sites is 1. The summed E-state index contributed by atoms with van der Waals surface area (Å²) in [6.07, 6.45) is -4.87. The van der Waals surface area contributed by atoms with E-state index in [1.807, 2.05) is 18.2 Å². The van der Waals surface area contributed by atoms with E-state index in [0.29, 0.717) is 25.1 Å². The van der Waals surface area contributed by atoms with E-state index in [2.05, 4.69) is 10.6 Å². The molecule has 15 heteroatoms. The highest BCUT2D eigenvalue weighted by Crippen LogP contribution is 2.44. The van der Waals surface area contributed by atoms with Crippen molar-refractivity contribution < 1.29 is 47.0 Å². The van der Waals surface area contributed by atoms with Crippen molar-refractivity contribution in [3.05, 3.63) is 92.8 Å². The maximum atomic E-state index is 14.1. The number of halogens is 4. The number of ether oxygens (including phenoxy) is 3. The van der Waals surface area contributed by atoms with Gasteiger partial charge in [0.1, 0.15) is 24.2 Å². The summed E-state index contributed by atoms with van der Waals surface area (Å²) < 4.78 is 58.1. The Balaban J connectivity index is 0.00000705. The van der Waals surface area contributed by atoms with Gasteiger partial charge < -0.3 is 30.0 Å². The van der Waals surface area contributed by atoms with E-state index in [4.69, 9.17) is 14.2 Å². The lowest BCUT2D eigenvalue weighted by atomic mass is 9.80. The molecule has 3 N–H and O–H groups in total. The van der Waals surface area contributed by atoms with Gasteiger partial charge in [0, 0.05) is 24.4 Å². The monoisotopic (exact) mass is 657 g/mol. The van der Waals surface area contributed by atoms with Gasteiger partial charge in [-0.2, -0.15) is 13.2 Å². The topological polar surface area (TPSA) is 149 Å². The van der Waals surface area contributed by atoms with Crippen LogP contribution in [0.25, 0.3) is 0 Å². The van der Waals surface area contributed by atoms with Crippen molar-refractivity contribution in [3.8, 4) is 5.75 Å². The molecule has 0 radical (unpaired) electrons. The first kappa shape index (κ1) is 37.0. The molecule has 0 amide bonds. The van der Waals surface area contributed by atoms with Crippen molar-refractivity contribution >= 4 is 30.0 Å². The molecule has 1 heterocycles. The SMILES string of the molecule is CCOC(=O)C1=C(C(F)(F)F)NC(C)=C(C(=O)OCCCCNCC(O)COc2ccccc2)C1c1cccc([N+](=O)[O-])c1.Cl. The number of unbranched alkanes of at least 4 members (excludes halogenated alkanes) is 1. The zero-order valence-electron chi connectivity index (χ0n) is 24.6. The number of nitro benzene ring substituents is 1. The fourth-order valence-corrected chi connectivity index (χ4v) is 4.53. The Hall–Kier alpha value is -4.14. The van der Waals surface area contributed by atoms with Crippen LogP contribution in [0.5, 0.6) is 5.75 Å². The summed E-state index contributed by atoms with van der Waals surface area (Å²) in [5, 5.41) is 26.7. The van der Waals surface area contributed by atoms with Crippen LogP contribution in [0.1, 0.15) is 38.2 Å². The lowest BCUT2D eigenvalue weighted by Gasteiger charge is -2.32. The number of benzene rings is 2. The first-order valence-electron chi connectivity index (χ1n) is 13.9. The Morgan fingerprint density at radius 3 is 2.40 bits per heavy atom. The van der Waals surface area contributed by atoms with Gasteiger partial charge in [-0.3, -0.25) is 10.1 Å². The Bertz CT molecular complexity index is 1390. The number of allylic oxidation sites excluding steroid dienone is 2. The van der Waals surface area contributed by atoms with Gasteiger partial charge in [0.25, 0.3) is 5.69 Å². The number of esters is 2. The van der Waals surface area contributed by atoms with Gasteiger partial charge in [-0.05, 0) is 50.9 Å². The number of nitrogens with zero attached hydrogens (tertiary/aromatic N) is 1. The Morgan fingerprint density at radius 1 is 1.07 bits per heavy atom. The van der Waals surface area contributed by atoms with Crippen molar-refractivity contribution in [2.75, 3.05) is 32.9 Å². The molecule has 246 valence electrons. The summed E-state index contributed by atoms with van der Waals surface area (Å²) in [4.78, 5) is 36.9. The molecule has 1 aliphatic rings. The van der Waals surface area contributed by atoms with Gasteiger partial charge in [-0.25, -0.2) is 9.59 Å². The molecule has 2 aromatic carbocycles. The molecule has 0 aromatic heterocycles. The first-order chi connectivity index (χ1) is 20.9. The predicted octanol–water partition coefficient (Wildman–Crippen LogP) is 4.71. The maximum Gasteiger partial charge on any atom is 0.431 e. The third-order valence-electron chi connectivity index (χ3n) is 6.52. The Morgan fingerprint density at radius 2 is 1.76 bits per heavy atom. The predicted molar refractivity (Wildman–Crippen MR) is 160 cm³/mol. The lowest BCUT2D eigenvalue weighted by molar-refractivity contribution is -0.384. The summed E-state index contributed by atoms with van der Waals surface area (Å²) in [6, 6.07) is 13.7. The number of aliphatic hydroxyl groups is 1. The quantitative estimate of drug-likeness (QED) is 0.106. The molecule has 0 saturated carbocycles. The second kappa shape index (κ2) is 17.4. The highest BCUT2D eigenvalue weighted by Gasteiger charge is 2.47. The number of nitro groups is 1. The van der Waals surface area contributed by atoms with Crippen molar-refractivity contribution in [1.82, 2.24) is 10.6 Å². The molecule has 45 heavy (non-hydrogen) atoms. The molecule has 3 rings (SSSR count). The van der Waals surface area contributed by atoms with Crippen molar-refractivity contribution in [2.45, 2.75) is 44.9 Å². The number of carbonyl (C=O) groups is 2. The number of alkyl halides is 3. The highest BCUT2D eigenvalue weighted by atomic mass is 35.5. The van der Waals surface area contributed by atoms with E-state index in [-0.39, 0.29) is 55.6 Å². The third-order valence-corrected chi connectivity index (χ3v) is 6.52. The number of aliphatic hydroxyl groups excluding tert-OH is 1. The Labute approximate surface area is 264 Å². The molecule has 0 bridgehead atoms. The largest absolute Gasteiger partial charge is 0.491 e. The first-order valence-corrected chi connectivity index (χ1v) is 13.9. The van der Waals surface area contributed by atoms with E-state index < -0.39 is 52.0 Å². The minimum atomic E-state index is -5.04. The minimum Gasteiger partial charge on any atom is -0.491 e. The van der Waals surface area contributed by atoms with Gasteiger partial charge in [-0.15, -0.1) is 12.4 Å². The molecule has 0 spiro atoms. The normalized spacial score (nSPS) is 15.5. The van der Waals surface area contributed by atoms with Crippen LogP contribution in [0.3, 0.4) is 0 Å². The fraction of sp³-hybridized carbons (Fsp3) is 0.400. The van der Waals surface area contributed by atoms with Crippen molar-refractivity contribution in [3.63, 3.8) is 0 Å². The van der Waals surface area contributed by atoms with Crippen LogP contribution in [-0.4, -0.2) is 67.2 Å². The molecule has 2 aromatic rings. The molecule has 11 nitrogen and oxygen atoms in total. The van der Waals surface area contributed by atoms with Crippen LogP contribution in [0, 0.1) is 10.1 Å². The van der Waals surface area contributed by atoms with Crippen molar-refractivity contribution in [2.24, 2.45) is 0 Å². The minimum absolute atomic E-state index is 0. The summed E-state index contributed by atoms with van der Waals surface area (Å²) in [7, 11) is 0.